The number of ether oxygens (including phenoxy) is 2. The topological polar surface area (TPSA) is 44.8 Å². The summed E-state index contributed by atoms with van der Waals surface area (Å²) in [6.45, 7) is 10.8. The highest BCUT2D eigenvalue weighted by molar-refractivity contribution is 6.74. The van der Waals surface area contributed by atoms with Crippen LogP contribution in [0.3, 0.4) is 0 Å². The molecule has 0 spiro atoms. The van der Waals surface area contributed by atoms with Crippen LogP contribution in [0.25, 0.3) is 0 Å². The quantitative estimate of drug-likeness (QED) is 0.412. The molecule has 0 bridgehead atoms. The van der Waals surface area contributed by atoms with Gasteiger partial charge in [0.1, 0.15) is 6.10 Å². The first-order valence-corrected chi connectivity index (χ1v) is 9.71. The molecule has 0 aliphatic heterocycles. The molecule has 5 heteroatoms. The highest BCUT2D eigenvalue weighted by Gasteiger charge is 2.40. The number of rotatable bonds is 7. The van der Waals surface area contributed by atoms with E-state index in [1.807, 2.05) is 0 Å². The molecule has 0 amide bonds. The van der Waals surface area contributed by atoms with Gasteiger partial charge >= 0.3 is 5.97 Å². The Bertz CT molecular complexity index is 352. The molecule has 0 aromatic rings. The number of esters is 1. The van der Waals surface area contributed by atoms with Gasteiger partial charge in [-0.1, -0.05) is 26.7 Å². The van der Waals surface area contributed by atoms with Gasteiger partial charge in [0.15, 0.2) is 8.32 Å². The van der Waals surface area contributed by atoms with Crippen LogP contribution in [0.1, 0.15) is 33.6 Å². The van der Waals surface area contributed by atoms with Crippen molar-refractivity contribution < 1.29 is 18.7 Å². The second-order valence-corrected chi connectivity index (χ2v) is 11.2. The number of carbonyl (C=O) groups excluding carboxylic acids is 1. The monoisotopic (exact) mass is 300 g/mol. The van der Waals surface area contributed by atoms with E-state index in [2.05, 4.69) is 39.8 Å². The Labute approximate surface area is 124 Å². The van der Waals surface area contributed by atoms with Crippen molar-refractivity contribution in [3.05, 3.63) is 0 Å². The van der Waals surface area contributed by atoms with E-state index in [0.29, 0.717) is 6.42 Å². The Kier molecular flexibility index (Phi) is 7.49. The molecule has 0 N–H and O–H groups in total. The van der Waals surface area contributed by atoms with E-state index in [0.717, 1.165) is 0 Å². The number of hydrogen-bond donors (Lipinski definition) is 0. The van der Waals surface area contributed by atoms with Gasteiger partial charge < -0.3 is 13.9 Å². The average molecular weight is 300 g/mol. The Morgan fingerprint density at radius 2 is 1.85 bits per heavy atom. The molecule has 0 radical (unpaired) electrons. The SMILES string of the molecule is C#C[C@@H](C[C@@H](CC(=O)OC)O[Si](C)(C)C(C)(C)C)OC. The summed E-state index contributed by atoms with van der Waals surface area (Å²) in [6, 6.07) is 0. The van der Waals surface area contributed by atoms with Gasteiger partial charge in [-0.25, -0.2) is 0 Å². The lowest BCUT2D eigenvalue weighted by Crippen LogP contribution is -2.45. The van der Waals surface area contributed by atoms with Crippen molar-refractivity contribution in [3.8, 4) is 12.3 Å². The second kappa shape index (κ2) is 7.82. The maximum atomic E-state index is 11.5. The zero-order valence-electron chi connectivity index (χ0n) is 13.8. The lowest BCUT2D eigenvalue weighted by Gasteiger charge is -2.39. The van der Waals surface area contributed by atoms with Crippen LogP contribution in [-0.2, 0) is 18.7 Å². The first-order chi connectivity index (χ1) is 9.07. The summed E-state index contributed by atoms with van der Waals surface area (Å²) < 4.78 is 16.2. The van der Waals surface area contributed by atoms with E-state index in [-0.39, 0.29) is 29.6 Å². The van der Waals surface area contributed by atoms with E-state index in [1.165, 1.54) is 7.11 Å². The molecular weight excluding hydrogens is 272 g/mol. The third-order valence-corrected chi connectivity index (χ3v) is 8.37. The Morgan fingerprint density at radius 1 is 1.30 bits per heavy atom. The van der Waals surface area contributed by atoms with Gasteiger partial charge in [-0.2, -0.15) is 0 Å². The molecule has 116 valence electrons. The molecule has 0 aromatic carbocycles. The maximum Gasteiger partial charge on any atom is 0.308 e. The summed E-state index contributed by atoms with van der Waals surface area (Å²) in [5, 5.41) is 0.0695. The standard InChI is InChI=1S/C15H28O4Si/c1-9-12(17-5)10-13(11-14(16)18-6)19-20(7,8)15(2,3)4/h1,12-13H,10-11H2,2-8H3/t12-,13-/m0/s1. The third-order valence-electron chi connectivity index (χ3n) is 3.84. The highest BCUT2D eigenvalue weighted by atomic mass is 28.4. The van der Waals surface area contributed by atoms with Gasteiger partial charge in [0.25, 0.3) is 0 Å². The van der Waals surface area contributed by atoms with Crippen molar-refractivity contribution in [1.29, 1.82) is 0 Å². The minimum absolute atomic E-state index is 0.0695. The Balaban J connectivity index is 4.95. The Hall–Kier alpha value is -0.833. The van der Waals surface area contributed by atoms with Crippen molar-refractivity contribution in [2.24, 2.45) is 0 Å². The zero-order valence-corrected chi connectivity index (χ0v) is 14.8. The molecule has 0 saturated carbocycles. The van der Waals surface area contributed by atoms with E-state index in [9.17, 15) is 4.79 Å². The summed E-state index contributed by atoms with van der Waals surface area (Å²) in [6.07, 6.45) is 5.48. The van der Waals surface area contributed by atoms with Gasteiger partial charge in [0.05, 0.1) is 19.6 Å². The fourth-order valence-corrected chi connectivity index (χ4v) is 2.87. The fourth-order valence-electron chi connectivity index (χ4n) is 1.51. The minimum atomic E-state index is -1.97. The lowest BCUT2D eigenvalue weighted by molar-refractivity contribution is -0.142. The molecule has 0 unspecified atom stereocenters. The van der Waals surface area contributed by atoms with Gasteiger partial charge in [-0.3, -0.25) is 4.79 Å². The maximum absolute atomic E-state index is 11.5. The molecule has 4 nitrogen and oxygen atoms in total. The predicted molar refractivity (Wildman–Crippen MR) is 83.0 cm³/mol. The molecule has 0 rings (SSSR count). The van der Waals surface area contributed by atoms with Crippen LogP contribution in [0.5, 0.6) is 0 Å². The summed E-state index contributed by atoms with van der Waals surface area (Å²) >= 11 is 0. The van der Waals surface area contributed by atoms with Gasteiger partial charge in [0, 0.05) is 13.5 Å². The van der Waals surface area contributed by atoms with Crippen LogP contribution in [0, 0.1) is 12.3 Å². The van der Waals surface area contributed by atoms with Gasteiger partial charge in [-0.05, 0) is 18.1 Å². The van der Waals surface area contributed by atoms with Crippen LogP contribution in [0.4, 0.5) is 0 Å². The smallest absolute Gasteiger partial charge is 0.308 e. The van der Waals surface area contributed by atoms with Crippen molar-refractivity contribution in [3.63, 3.8) is 0 Å². The molecule has 0 aliphatic carbocycles. The van der Waals surface area contributed by atoms with Crippen LogP contribution >= 0.6 is 0 Å². The van der Waals surface area contributed by atoms with Crippen LogP contribution in [0.2, 0.25) is 18.1 Å². The average Bonchev–Trinajstić information content (AvgIpc) is 2.33. The number of hydrogen-bond acceptors (Lipinski definition) is 4. The van der Waals surface area contributed by atoms with Crippen molar-refractivity contribution >= 4 is 14.3 Å². The van der Waals surface area contributed by atoms with Crippen molar-refractivity contribution in [2.45, 2.75) is 64.0 Å². The van der Waals surface area contributed by atoms with E-state index in [1.54, 1.807) is 7.11 Å². The zero-order chi connectivity index (χ0) is 16.0. The largest absolute Gasteiger partial charge is 0.469 e. The van der Waals surface area contributed by atoms with E-state index in [4.69, 9.17) is 20.3 Å². The normalized spacial score (nSPS) is 15.3. The summed E-state index contributed by atoms with van der Waals surface area (Å²) in [4.78, 5) is 11.5. The lowest BCUT2D eigenvalue weighted by atomic mass is 10.1. The summed E-state index contributed by atoms with van der Waals surface area (Å²) in [5.74, 6) is 2.27. The molecule has 20 heavy (non-hydrogen) atoms. The van der Waals surface area contributed by atoms with Crippen LogP contribution in [-0.4, -0.2) is 40.7 Å². The fraction of sp³-hybridized carbons (Fsp3) is 0.800. The predicted octanol–water partition coefficient (Wildman–Crippen LogP) is 2.98. The van der Waals surface area contributed by atoms with E-state index < -0.39 is 8.32 Å². The van der Waals surface area contributed by atoms with Crippen LogP contribution < -0.4 is 0 Å². The second-order valence-electron chi connectivity index (χ2n) is 6.41. The molecule has 0 aromatic heterocycles. The molecule has 0 saturated heterocycles. The van der Waals surface area contributed by atoms with E-state index >= 15 is 0 Å². The highest BCUT2D eigenvalue weighted by Crippen LogP contribution is 2.38. The molecule has 0 aliphatic rings. The molecule has 2 atom stereocenters. The number of methoxy groups -OCH3 is 2. The molecular formula is C15H28O4Si. The van der Waals surface area contributed by atoms with Gasteiger partial charge in [0.2, 0.25) is 0 Å². The van der Waals surface area contributed by atoms with Crippen molar-refractivity contribution in [2.75, 3.05) is 14.2 Å². The molecule has 0 heterocycles. The first-order valence-electron chi connectivity index (χ1n) is 6.81. The Morgan fingerprint density at radius 3 is 2.20 bits per heavy atom. The molecule has 0 fully saturated rings. The third kappa shape index (κ3) is 6.08. The number of carbonyl (C=O) groups is 1. The number of terminal acetylenes is 1. The first kappa shape index (κ1) is 19.2. The van der Waals surface area contributed by atoms with Crippen LogP contribution in [0.15, 0.2) is 0 Å². The van der Waals surface area contributed by atoms with Crippen molar-refractivity contribution in [1.82, 2.24) is 0 Å². The minimum Gasteiger partial charge on any atom is -0.469 e. The summed E-state index contributed by atoms with van der Waals surface area (Å²) in [5.41, 5.74) is 0. The van der Waals surface area contributed by atoms with Gasteiger partial charge in [-0.15, -0.1) is 6.42 Å². The summed E-state index contributed by atoms with van der Waals surface area (Å²) in [7, 11) is 0.965.